The molecule has 1 aromatic heterocycles. The number of nitrogens with zero attached hydrogens (tertiary/aromatic N) is 4. The number of para-hydroxylation sites is 1. The standard InChI is InChI=1S/C28H31F2N7O3/c1-36-22-16-32-27(35-24(22)37(17-28(29,30)26(36)39)20-8-4-3-5-9-20)34-21-11-10-18(15-23(21)40-2)25(38)33-19-7-6-13-31-14-12-19/h3-5,8-11,15-16,19,31H,6-7,12-14,17H2,1-2H3,(H,33,38)(H,32,34,35). The largest absolute Gasteiger partial charge is 0.495 e. The molecule has 0 aliphatic carbocycles. The fraction of sp³-hybridized carbons (Fsp3) is 0.357. The predicted octanol–water partition coefficient (Wildman–Crippen LogP) is 3.85. The van der Waals surface area contributed by atoms with Crippen molar-refractivity contribution < 1.29 is 23.1 Å². The molecule has 12 heteroatoms. The zero-order chi connectivity index (χ0) is 28.3. The van der Waals surface area contributed by atoms with Gasteiger partial charge in [-0.15, -0.1) is 0 Å². The Morgan fingerprint density at radius 1 is 1.15 bits per heavy atom. The Labute approximate surface area is 230 Å². The first kappa shape index (κ1) is 27.3. The number of hydrogen-bond acceptors (Lipinski definition) is 8. The number of fused-ring (bicyclic) bond motifs is 1. The molecule has 1 unspecified atom stereocenters. The minimum absolute atomic E-state index is 0.101. The number of carbonyl (C=O) groups is 2. The molecule has 3 heterocycles. The molecule has 2 aromatic carbocycles. The lowest BCUT2D eigenvalue weighted by Crippen LogP contribution is -2.45. The number of nitrogens with one attached hydrogen (secondary N) is 3. The molecule has 5 rings (SSSR count). The molecule has 1 saturated heterocycles. The summed E-state index contributed by atoms with van der Waals surface area (Å²) >= 11 is 0. The van der Waals surface area contributed by atoms with Crippen molar-refractivity contribution in [3.63, 3.8) is 0 Å². The first-order valence-corrected chi connectivity index (χ1v) is 13.1. The zero-order valence-corrected chi connectivity index (χ0v) is 22.3. The van der Waals surface area contributed by atoms with Crippen LogP contribution in [0.25, 0.3) is 0 Å². The smallest absolute Gasteiger partial charge is 0.342 e. The summed E-state index contributed by atoms with van der Waals surface area (Å²) in [6.07, 6.45) is 4.11. The van der Waals surface area contributed by atoms with E-state index in [1.807, 2.05) is 0 Å². The number of anilines is 5. The van der Waals surface area contributed by atoms with Crippen LogP contribution in [0.4, 0.5) is 37.6 Å². The van der Waals surface area contributed by atoms with E-state index in [0.29, 0.717) is 22.7 Å². The highest BCUT2D eigenvalue weighted by molar-refractivity contribution is 6.02. The average molecular weight is 552 g/mol. The van der Waals surface area contributed by atoms with Gasteiger partial charge < -0.3 is 30.5 Å². The van der Waals surface area contributed by atoms with E-state index in [1.54, 1.807) is 48.5 Å². The molecule has 3 N–H and O–H groups in total. The predicted molar refractivity (Wildman–Crippen MR) is 148 cm³/mol. The summed E-state index contributed by atoms with van der Waals surface area (Å²) < 4.78 is 35.3. The number of rotatable bonds is 6. The Bertz CT molecular complexity index is 1380. The fourth-order valence-electron chi connectivity index (χ4n) is 4.87. The molecule has 10 nitrogen and oxygen atoms in total. The van der Waals surface area contributed by atoms with Gasteiger partial charge in [0.2, 0.25) is 5.95 Å². The van der Waals surface area contributed by atoms with E-state index < -0.39 is 18.4 Å². The van der Waals surface area contributed by atoms with Crippen LogP contribution in [0.15, 0.2) is 54.7 Å². The topological polar surface area (TPSA) is 112 Å². The number of amides is 2. The third-order valence-electron chi connectivity index (χ3n) is 7.03. The molecule has 3 aromatic rings. The molecule has 0 radical (unpaired) electrons. The summed E-state index contributed by atoms with van der Waals surface area (Å²) in [4.78, 5) is 36.4. The third kappa shape index (κ3) is 5.67. The Kier molecular flexibility index (Phi) is 7.78. The van der Waals surface area contributed by atoms with Crippen molar-refractivity contribution in [3.8, 4) is 5.75 Å². The van der Waals surface area contributed by atoms with Crippen molar-refractivity contribution in [2.75, 3.05) is 48.9 Å². The summed E-state index contributed by atoms with van der Waals surface area (Å²) in [7, 11) is 2.76. The van der Waals surface area contributed by atoms with Crippen molar-refractivity contribution in [2.24, 2.45) is 0 Å². The van der Waals surface area contributed by atoms with Crippen molar-refractivity contribution >= 4 is 40.6 Å². The minimum atomic E-state index is -3.65. The summed E-state index contributed by atoms with van der Waals surface area (Å²) in [5, 5.41) is 9.49. The number of aromatic nitrogens is 2. The lowest BCUT2D eigenvalue weighted by atomic mass is 10.1. The fourth-order valence-corrected chi connectivity index (χ4v) is 4.87. The quantitative estimate of drug-likeness (QED) is 0.424. The molecule has 2 amide bonds. The average Bonchev–Trinajstić information content (AvgIpc) is 3.27. The summed E-state index contributed by atoms with van der Waals surface area (Å²) in [5.74, 6) is -4.55. The molecular formula is C28H31F2N7O3. The third-order valence-corrected chi connectivity index (χ3v) is 7.03. The van der Waals surface area contributed by atoms with Gasteiger partial charge >= 0.3 is 5.92 Å². The number of alkyl halides is 2. The van der Waals surface area contributed by atoms with E-state index >= 15 is 0 Å². The molecular weight excluding hydrogens is 520 g/mol. The van der Waals surface area contributed by atoms with E-state index in [0.717, 1.165) is 37.3 Å². The maximum absolute atomic E-state index is 14.9. The summed E-state index contributed by atoms with van der Waals surface area (Å²) in [6, 6.07) is 13.6. The molecule has 210 valence electrons. The van der Waals surface area contributed by atoms with Crippen LogP contribution in [0.5, 0.6) is 5.75 Å². The van der Waals surface area contributed by atoms with Gasteiger partial charge in [0.1, 0.15) is 11.4 Å². The summed E-state index contributed by atoms with van der Waals surface area (Å²) in [6.45, 7) is 0.929. The number of ether oxygens (including phenoxy) is 1. The van der Waals surface area contributed by atoms with E-state index in [-0.39, 0.29) is 29.4 Å². The van der Waals surface area contributed by atoms with Crippen molar-refractivity contribution in [3.05, 3.63) is 60.3 Å². The van der Waals surface area contributed by atoms with Crippen LogP contribution < -0.4 is 30.5 Å². The highest BCUT2D eigenvalue weighted by atomic mass is 19.3. The number of carbonyl (C=O) groups excluding carboxylic acids is 2. The molecule has 0 bridgehead atoms. The second-order valence-electron chi connectivity index (χ2n) is 9.78. The van der Waals surface area contributed by atoms with Crippen molar-refractivity contribution in [2.45, 2.75) is 31.2 Å². The maximum atomic E-state index is 14.9. The molecule has 1 atom stereocenters. The van der Waals surface area contributed by atoms with Gasteiger partial charge in [0.15, 0.2) is 5.82 Å². The molecule has 2 aliphatic heterocycles. The maximum Gasteiger partial charge on any atom is 0.342 e. The van der Waals surface area contributed by atoms with Crippen LogP contribution in [0.3, 0.4) is 0 Å². The van der Waals surface area contributed by atoms with Gasteiger partial charge in [0, 0.05) is 24.3 Å². The van der Waals surface area contributed by atoms with E-state index in [2.05, 4.69) is 25.9 Å². The van der Waals surface area contributed by atoms with Crippen LogP contribution in [0, 0.1) is 0 Å². The number of hydrogen-bond donors (Lipinski definition) is 3. The molecule has 1 fully saturated rings. The van der Waals surface area contributed by atoms with Crippen molar-refractivity contribution in [1.82, 2.24) is 20.6 Å². The second kappa shape index (κ2) is 11.4. The number of benzene rings is 2. The second-order valence-corrected chi connectivity index (χ2v) is 9.78. The number of halogens is 2. The molecule has 0 spiro atoms. The minimum Gasteiger partial charge on any atom is -0.495 e. The van der Waals surface area contributed by atoms with Gasteiger partial charge in [-0.3, -0.25) is 9.59 Å². The normalized spacial score (nSPS) is 18.8. The van der Waals surface area contributed by atoms with Crippen LogP contribution in [0.1, 0.15) is 29.6 Å². The SMILES string of the molecule is COc1cc(C(=O)NC2CCCNCC2)ccc1Nc1ncc2c(n1)N(c1ccccc1)CC(F)(F)C(=O)N2C. The Morgan fingerprint density at radius 3 is 2.73 bits per heavy atom. The van der Waals surface area contributed by atoms with E-state index in [4.69, 9.17) is 4.74 Å². The van der Waals surface area contributed by atoms with Gasteiger partial charge in [-0.25, -0.2) is 4.98 Å². The Balaban J connectivity index is 1.43. The van der Waals surface area contributed by atoms with Crippen molar-refractivity contribution in [1.29, 1.82) is 0 Å². The van der Waals surface area contributed by atoms with Crippen LogP contribution in [0.2, 0.25) is 0 Å². The van der Waals surface area contributed by atoms with E-state index in [9.17, 15) is 18.4 Å². The highest BCUT2D eigenvalue weighted by Crippen LogP contribution is 2.40. The van der Waals surface area contributed by atoms with Gasteiger partial charge in [-0.05, 0) is 62.7 Å². The van der Waals surface area contributed by atoms with Gasteiger partial charge in [-0.2, -0.15) is 13.8 Å². The molecule has 0 saturated carbocycles. The molecule has 40 heavy (non-hydrogen) atoms. The van der Waals surface area contributed by atoms with Crippen LogP contribution >= 0.6 is 0 Å². The van der Waals surface area contributed by atoms with Gasteiger partial charge in [-0.1, -0.05) is 18.2 Å². The lowest BCUT2D eigenvalue weighted by Gasteiger charge is -2.25. The Morgan fingerprint density at radius 2 is 1.95 bits per heavy atom. The lowest BCUT2D eigenvalue weighted by molar-refractivity contribution is -0.140. The van der Waals surface area contributed by atoms with Crippen LogP contribution in [-0.4, -0.2) is 67.5 Å². The zero-order valence-electron chi connectivity index (χ0n) is 22.3. The van der Waals surface area contributed by atoms with E-state index in [1.165, 1.54) is 25.3 Å². The monoisotopic (exact) mass is 551 g/mol. The van der Waals surface area contributed by atoms with Crippen LogP contribution in [-0.2, 0) is 4.79 Å². The number of methoxy groups -OCH3 is 1. The van der Waals surface area contributed by atoms with Gasteiger partial charge in [0.25, 0.3) is 11.8 Å². The Hall–Kier alpha value is -4.32. The first-order chi connectivity index (χ1) is 19.3. The highest BCUT2D eigenvalue weighted by Gasteiger charge is 2.47. The summed E-state index contributed by atoms with van der Waals surface area (Å²) in [5.41, 5.74) is 1.52. The van der Waals surface area contributed by atoms with Gasteiger partial charge in [0.05, 0.1) is 25.5 Å². The molecule has 2 aliphatic rings. The first-order valence-electron chi connectivity index (χ1n) is 13.1.